The van der Waals surface area contributed by atoms with Gasteiger partial charge < -0.3 is 20.1 Å². The molecule has 3 aromatic carbocycles. The largest absolute Gasteiger partial charge is 0.491 e. The van der Waals surface area contributed by atoms with Crippen LogP contribution >= 0.6 is 11.6 Å². The van der Waals surface area contributed by atoms with Gasteiger partial charge in [-0.1, -0.05) is 48.0 Å². The monoisotopic (exact) mass is 629 g/mol. The lowest BCUT2D eigenvalue weighted by Crippen LogP contribution is -2.37. The van der Waals surface area contributed by atoms with Crippen molar-refractivity contribution >= 4 is 51.6 Å². The Morgan fingerprint density at radius 2 is 1.91 bits per heavy atom. The van der Waals surface area contributed by atoms with E-state index in [9.17, 15) is 14.0 Å². The van der Waals surface area contributed by atoms with Crippen LogP contribution in [-0.2, 0) is 20.9 Å². The second-order valence-corrected chi connectivity index (χ2v) is 11.6. The van der Waals surface area contributed by atoms with Crippen LogP contribution in [0.25, 0.3) is 10.9 Å². The van der Waals surface area contributed by atoms with Gasteiger partial charge >= 0.3 is 5.97 Å². The van der Waals surface area contributed by atoms with Crippen LogP contribution in [-0.4, -0.2) is 52.5 Å². The third kappa shape index (κ3) is 7.95. The Bertz CT molecular complexity index is 1720. The minimum absolute atomic E-state index is 0.0156. The molecule has 1 amide bonds. The maximum atomic E-state index is 13.7. The van der Waals surface area contributed by atoms with Crippen molar-refractivity contribution in [1.29, 1.82) is 0 Å². The zero-order valence-electron chi connectivity index (χ0n) is 24.5. The average Bonchev–Trinajstić information content (AvgIpc) is 3.76. The van der Waals surface area contributed by atoms with E-state index >= 15 is 0 Å². The number of likely N-dealkylation sites (tertiary alicyclic amines) is 1. The average molecular weight is 630 g/mol. The predicted octanol–water partition coefficient (Wildman–Crippen LogP) is 6.66. The van der Waals surface area contributed by atoms with Gasteiger partial charge in [-0.15, -0.1) is 0 Å². The van der Waals surface area contributed by atoms with Crippen molar-refractivity contribution in [1.82, 2.24) is 14.9 Å². The summed E-state index contributed by atoms with van der Waals surface area (Å²) in [7, 11) is 0. The number of carbonyl (C=O) groups is 2. The predicted molar refractivity (Wildman–Crippen MR) is 171 cm³/mol. The molecule has 0 radical (unpaired) electrons. The number of nitrogens with zero attached hydrogens (tertiary/aromatic N) is 3. The summed E-state index contributed by atoms with van der Waals surface area (Å²) in [6, 6.07) is 17.1. The summed E-state index contributed by atoms with van der Waals surface area (Å²) in [6.07, 6.45) is 8.46. The third-order valence-corrected chi connectivity index (χ3v) is 8.11. The number of amides is 1. The van der Waals surface area contributed by atoms with Gasteiger partial charge in [-0.2, -0.15) is 0 Å². The molecule has 232 valence electrons. The van der Waals surface area contributed by atoms with E-state index in [0.29, 0.717) is 52.9 Å². The van der Waals surface area contributed by atoms with Crippen molar-refractivity contribution in [3.8, 4) is 5.75 Å². The Balaban J connectivity index is 1.14. The quantitative estimate of drug-likeness (QED) is 0.132. The molecule has 2 heterocycles. The Labute approximate surface area is 265 Å². The zero-order chi connectivity index (χ0) is 31.2. The lowest BCUT2D eigenvalue weighted by Gasteiger charge is -2.21. The summed E-state index contributed by atoms with van der Waals surface area (Å²) in [5, 5.41) is 6.71. The van der Waals surface area contributed by atoms with E-state index in [1.165, 1.54) is 24.5 Å². The normalized spacial score (nSPS) is 16.6. The number of esters is 1. The van der Waals surface area contributed by atoms with Crippen LogP contribution in [0.1, 0.15) is 31.2 Å². The van der Waals surface area contributed by atoms with Gasteiger partial charge in [0, 0.05) is 29.8 Å². The maximum absolute atomic E-state index is 13.7. The van der Waals surface area contributed by atoms with E-state index in [1.807, 2.05) is 35.2 Å². The molecule has 2 fully saturated rings. The molecule has 9 nitrogen and oxygen atoms in total. The molecule has 1 saturated heterocycles. The second-order valence-electron chi connectivity index (χ2n) is 11.2. The Morgan fingerprint density at radius 3 is 2.71 bits per heavy atom. The van der Waals surface area contributed by atoms with Crippen molar-refractivity contribution in [2.24, 2.45) is 5.92 Å². The first kappa shape index (κ1) is 30.5. The van der Waals surface area contributed by atoms with Gasteiger partial charge in [0.25, 0.3) is 0 Å². The minimum atomic E-state index is -0.520. The summed E-state index contributed by atoms with van der Waals surface area (Å²) in [5.41, 5.74) is 2.57. The molecule has 4 aromatic rings. The highest BCUT2D eigenvalue weighted by molar-refractivity contribution is 6.31. The molecule has 1 aliphatic carbocycles. The number of aromatic nitrogens is 2. The number of hydrogen-bond donors (Lipinski definition) is 2. The van der Waals surface area contributed by atoms with Gasteiger partial charge in [-0.25, -0.2) is 14.4 Å². The zero-order valence-corrected chi connectivity index (χ0v) is 25.3. The summed E-state index contributed by atoms with van der Waals surface area (Å²) in [6.45, 7) is 1.96. The van der Waals surface area contributed by atoms with E-state index in [0.717, 1.165) is 37.8 Å². The van der Waals surface area contributed by atoms with Crippen LogP contribution in [0.4, 0.5) is 21.6 Å². The SMILES string of the molecule is O=C(C=CCN1CCCC1C(=O)OCc1ccccc1)Nc1cc2c(Nc3ccc(F)c(Cl)c3)ncnc2cc1OCC1CC1. The van der Waals surface area contributed by atoms with Crippen molar-refractivity contribution in [2.45, 2.75) is 38.3 Å². The smallest absolute Gasteiger partial charge is 0.323 e. The number of ether oxygens (including phenoxy) is 2. The van der Waals surface area contributed by atoms with Gasteiger partial charge in [-0.05, 0) is 68.0 Å². The molecule has 1 aromatic heterocycles. The van der Waals surface area contributed by atoms with E-state index in [2.05, 4.69) is 20.6 Å². The summed E-state index contributed by atoms with van der Waals surface area (Å²) in [4.78, 5) is 36.6. The van der Waals surface area contributed by atoms with Gasteiger partial charge in [-0.3, -0.25) is 14.5 Å². The molecule has 6 rings (SSSR count). The fourth-order valence-corrected chi connectivity index (χ4v) is 5.39. The Kier molecular flexibility index (Phi) is 9.52. The third-order valence-electron chi connectivity index (χ3n) is 7.82. The number of nitrogens with one attached hydrogen (secondary N) is 2. The highest BCUT2D eigenvalue weighted by atomic mass is 35.5. The summed E-state index contributed by atoms with van der Waals surface area (Å²) in [5.74, 6) is 0.353. The lowest BCUT2D eigenvalue weighted by molar-refractivity contribution is -0.150. The minimum Gasteiger partial charge on any atom is -0.491 e. The Hall–Kier alpha value is -4.54. The van der Waals surface area contributed by atoms with Gasteiger partial charge in [0.05, 0.1) is 22.8 Å². The van der Waals surface area contributed by atoms with E-state index in [-0.39, 0.29) is 29.5 Å². The van der Waals surface area contributed by atoms with E-state index in [1.54, 1.807) is 24.3 Å². The molecule has 1 unspecified atom stereocenters. The highest BCUT2D eigenvalue weighted by Gasteiger charge is 2.31. The number of fused-ring (bicyclic) bond motifs is 1. The molecule has 2 aliphatic rings. The fraction of sp³-hybridized carbons (Fsp3) is 0.294. The first-order chi connectivity index (χ1) is 21.9. The number of hydrogen-bond acceptors (Lipinski definition) is 8. The van der Waals surface area contributed by atoms with Crippen LogP contribution in [0.5, 0.6) is 5.75 Å². The first-order valence-electron chi connectivity index (χ1n) is 15.0. The number of carbonyl (C=O) groups excluding carboxylic acids is 2. The van der Waals surface area contributed by atoms with Crippen LogP contribution in [0.15, 0.2) is 79.1 Å². The molecule has 1 saturated carbocycles. The molecular formula is C34H33ClFN5O4. The summed E-state index contributed by atoms with van der Waals surface area (Å²) < 4.78 is 25.4. The topological polar surface area (TPSA) is 106 Å². The van der Waals surface area contributed by atoms with Crippen molar-refractivity contribution in [3.63, 3.8) is 0 Å². The molecule has 11 heteroatoms. The van der Waals surface area contributed by atoms with Gasteiger partial charge in [0.1, 0.15) is 36.4 Å². The number of rotatable bonds is 12. The number of anilines is 3. The van der Waals surface area contributed by atoms with Crippen LogP contribution < -0.4 is 15.4 Å². The van der Waals surface area contributed by atoms with Crippen molar-refractivity contribution in [3.05, 3.63) is 95.5 Å². The highest BCUT2D eigenvalue weighted by Crippen LogP contribution is 2.36. The maximum Gasteiger partial charge on any atom is 0.323 e. The molecule has 1 atom stereocenters. The molecular weight excluding hydrogens is 597 g/mol. The van der Waals surface area contributed by atoms with Gasteiger partial charge in [0.15, 0.2) is 0 Å². The molecule has 0 bridgehead atoms. The van der Waals surface area contributed by atoms with Gasteiger partial charge in [0.2, 0.25) is 5.91 Å². The van der Waals surface area contributed by atoms with Crippen LogP contribution in [0.2, 0.25) is 5.02 Å². The lowest BCUT2D eigenvalue weighted by atomic mass is 10.1. The molecule has 2 N–H and O–H groups in total. The second kappa shape index (κ2) is 14.0. The van der Waals surface area contributed by atoms with Crippen molar-refractivity contribution < 1.29 is 23.5 Å². The molecule has 45 heavy (non-hydrogen) atoms. The van der Waals surface area contributed by atoms with Crippen LogP contribution in [0, 0.1) is 11.7 Å². The first-order valence-corrected chi connectivity index (χ1v) is 15.4. The molecule has 1 aliphatic heterocycles. The van der Waals surface area contributed by atoms with E-state index in [4.69, 9.17) is 21.1 Å². The fourth-order valence-electron chi connectivity index (χ4n) is 5.21. The Morgan fingerprint density at radius 1 is 1.07 bits per heavy atom. The van der Waals surface area contributed by atoms with Crippen LogP contribution in [0.3, 0.4) is 0 Å². The summed E-state index contributed by atoms with van der Waals surface area (Å²) >= 11 is 5.97. The standard InChI is InChI=1S/C34H33ClFN5O4/c35-26-16-24(12-13-27(26)36)39-33-25-17-29(31(44-19-23-10-11-23)18-28(25)37-21-38-33)40-32(42)9-5-15-41-14-4-8-30(41)34(43)45-20-22-6-2-1-3-7-22/h1-3,5-7,9,12-13,16-18,21,23,30H,4,8,10-11,14-15,19-20H2,(H,40,42)(H,37,38,39). The van der Waals surface area contributed by atoms with E-state index < -0.39 is 5.82 Å². The number of halogens is 2. The number of benzene rings is 3. The molecule has 0 spiro atoms. The van der Waals surface area contributed by atoms with Crippen molar-refractivity contribution in [2.75, 3.05) is 30.3 Å².